The first-order valence-electron chi connectivity index (χ1n) is 7.52. The summed E-state index contributed by atoms with van der Waals surface area (Å²) in [5.74, 6) is 0.753. The van der Waals surface area contributed by atoms with E-state index in [1.54, 1.807) is 12.1 Å². The number of rotatable bonds is 2. The smallest absolute Gasteiger partial charge is 0.133 e. The van der Waals surface area contributed by atoms with Gasteiger partial charge in [0, 0.05) is 22.7 Å². The van der Waals surface area contributed by atoms with Gasteiger partial charge in [0.05, 0.1) is 11.4 Å². The maximum absolute atomic E-state index is 13.2. The fourth-order valence-electron chi connectivity index (χ4n) is 3.01. The summed E-state index contributed by atoms with van der Waals surface area (Å²) in [6.07, 6.45) is 0.904. The van der Waals surface area contributed by atoms with Crippen LogP contribution in [0.5, 0.6) is 0 Å². The van der Waals surface area contributed by atoms with Crippen molar-refractivity contribution in [3.05, 3.63) is 64.4 Å². The summed E-state index contributed by atoms with van der Waals surface area (Å²) in [6, 6.07) is 12.3. The van der Waals surface area contributed by atoms with Gasteiger partial charge in [-0.05, 0) is 55.3 Å². The second kappa shape index (κ2) is 5.39. The van der Waals surface area contributed by atoms with Crippen LogP contribution in [0, 0.1) is 12.7 Å². The number of anilines is 1. The van der Waals surface area contributed by atoms with E-state index in [0.717, 1.165) is 46.9 Å². The van der Waals surface area contributed by atoms with Crippen LogP contribution in [0.2, 0.25) is 5.02 Å². The highest BCUT2D eigenvalue weighted by atomic mass is 35.5. The van der Waals surface area contributed by atoms with Crippen LogP contribution in [0.4, 0.5) is 10.2 Å². The average Bonchev–Trinajstić information content (AvgIpc) is 3.14. The summed E-state index contributed by atoms with van der Waals surface area (Å²) < 4.78 is 15.1. The van der Waals surface area contributed by atoms with Gasteiger partial charge in [0.1, 0.15) is 11.6 Å². The molecule has 3 nitrogen and oxygen atoms in total. The fraction of sp³-hybridized carbons (Fsp3) is 0.167. The number of nitrogens with one attached hydrogen (secondary N) is 1. The largest absolute Gasteiger partial charge is 0.369 e. The Morgan fingerprint density at radius 2 is 1.96 bits per heavy atom. The summed E-state index contributed by atoms with van der Waals surface area (Å²) in [6.45, 7) is 2.86. The molecule has 0 amide bonds. The minimum absolute atomic E-state index is 0.242. The van der Waals surface area contributed by atoms with Crippen molar-refractivity contribution in [3.63, 3.8) is 0 Å². The zero-order valence-electron chi connectivity index (χ0n) is 12.6. The van der Waals surface area contributed by atoms with Crippen LogP contribution in [0.1, 0.15) is 11.1 Å². The topological polar surface area (TPSA) is 29.9 Å². The molecular formula is C18H15ClFN3. The van der Waals surface area contributed by atoms with E-state index in [2.05, 4.69) is 5.32 Å². The second-order valence-corrected chi connectivity index (χ2v) is 6.06. The SMILES string of the molecule is Cc1c(Cl)cccc1-n1nc(-c2ccc(F)cc2)c2c1NCC2. The van der Waals surface area contributed by atoms with Crippen molar-refractivity contribution in [1.29, 1.82) is 0 Å². The third-order valence-electron chi connectivity index (χ3n) is 4.24. The molecule has 0 spiro atoms. The van der Waals surface area contributed by atoms with Crippen LogP contribution in [0.15, 0.2) is 42.5 Å². The molecule has 4 rings (SSSR count). The first kappa shape index (κ1) is 14.3. The molecule has 1 aliphatic heterocycles. The number of fused-ring (bicyclic) bond motifs is 1. The Hall–Kier alpha value is -2.33. The van der Waals surface area contributed by atoms with Crippen molar-refractivity contribution >= 4 is 17.4 Å². The lowest BCUT2D eigenvalue weighted by Crippen LogP contribution is -2.05. The normalized spacial score (nSPS) is 13.0. The van der Waals surface area contributed by atoms with Gasteiger partial charge in [-0.2, -0.15) is 5.10 Å². The van der Waals surface area contributed by atoms with Crippen LogP contribution in [-0.4, -0.2) is 16.3 Å². The number of aromatic nitrogens is 2. The maximum atomic E-state index is 13.2. The number of hydrogen-bond acceptors (Lipinski definition) is 2. The van der Waals surface area contributed by atoms with E-state index in [9.17, 15) is 4.39 Å². The first-order chi connectivity index (χ1) is 11.1. The number of nitrogens with zero attached hydrogens (tertiary/aromatic N) is 2. The molecule has 2 aromatic carbocycles. The molecule has 0 unspecified atom stereocenters. The lowest BCUT2D eigenvalue weighted by molar-refractivity contribution is 0.628. The molecule has 0 fully saturated rings. The Kier molecular flexibility index (Phi) is 3.34. The predicted octanol–water partition coefficient (Wildman–Crippen LogP) is 4.61. The van der Waals surface area contributed by atoms with Crippen LogP contribution < -0.4 is 5.32 Å². The van der Waals surface area contributed by atoms with E-state index >= 15 is 0 Å². The highest BCUT2D eigenvalue weighted by Crippen LogP contribution is 2.36. The molecule has 0 radical (unpaired) electrons. The van der Waals surface area contributed by atoms with Crippen molar-refractivity contribution in [1.82, 2.24) is 9.78 Å². The zero-order chi connectivity index (χ0) is 16.0. The Morgan fingerprint density at radius 1 is 1.17 bits per heavy atom. The fourth-order valence-corrected chi connectivity index (χ4v) is 3.18. The monoisotopic (exact) mass is 327 g/mol. The van der Waals surface area contributed by atoms with E-state index in [4.69, 9.17) is 16.7 Å². The summed E-state index contributed by atoms with van der Waals surface area (Å²) in [5, 5.41) is 8.89. The molecule has 0 atom stereocenters. The van der Waals surface area contributed by atoms with Crippen LogP contribution in [0.25, 0.3) is 16.9 Å². The molecule has 23 heavy (non-hydrogen) atoms. The minimum Gasteiger partial charge on any atom is -0.369 e. The highest BCUT2D eigenvalue weighted by Gasteiger charge is 2.24. The zero-order valence-corrected chi connectivity index (χ0v) is 13.4. The van der Waals surface area contributed by atoms with Gasteiger partial charge >= 0.3 is 0 Å². The van der Waals surface area contributed by atoms with Gasteiger partial charge in [0.15, 0.2) is 0 Å². The molecule has 116 valence electrons. The molecule has 1 N–H and O–H groups in total. The van der Waals surface area contributed by atoms with Crippen molar-refractivity contribution in [2.24, 2.45) is 0 Å². The summed E-state index contributed by atoms with van der Waals surface area (Å²) in [4.78, 5) is 0. The van der Waals surface area contributed by atoms with Gasteiger partial charge in [-0.25, -0.2) is 9.07 Å². The Balaban J connectivity index is 1.91. The third-order valence-corrected chi connectivity index (χ3v) is 4.65. The molecule has 2 heterocycles. The van der Waals surface area contributed by atoms with E-state index in [1.807, 2.05) is 29.8 Å². The van der Waals surface area contributed by atoms with Gasteiger partial charge < -0.3 is 5.32 Å². The van der Waals surface area contributed by atoms with E-state index < -0.39 is 0 Å². The van der Waals surface area contributed by atoms with Gasteiger partial charge in [-0.15, -0.1) is 0 Å². The van der Waals surface area contributed by atoms with Gasteiger partial charge in [0.2, 0.25) is 0 Å². The van der Waals surface area contributed by atoms with E-state index in [-0.39, 0.29) is 5.82 Å². The molecule has 0 saturated heterocycles. The number of hydrogen-bond donors (Lipinski definition) is 1. The molecular weight excluding hydrogens is 313 g/mol. The molecule has 5 heteroatoms. The Morgan fingerprint density at radius 3 is 2.74 bits per heavy atom. The third kappa shape index (κ3) is 2.30. The summed E-state index contributed by atoms with van der Waals surface area (Å²) >= 11 is 6.25. The Bertz CT molecular complexity index is 884. The van der Waals surface area contributed by atoms with Crippen molar-refractivity contribution in [2.45, 2.75) is 13.3 Å². The molecule has 1 aromatic heterocycles. The van der Waals surface area contributed by atoms with Crippen LogP contribution >= 0.6 is 11.6 Å². The predicted molar refractivity (Wildman–Crippen MR) is 90.9 cm³/mol. The number of benzene rings is 2. The van der Waals surface area contributed by atoms with E-state index in [0.29, 0.717) is 5.02 Å². The maximum Gasteiger partial charge on any atom is 0.133 e. The summed E-state index contributed by atoms with van der Waals surface area (Å²) in [5.41, 5.74) is 4.92. The van der Waals surface area contributed by atoms with Gasteiger partial charge in [0.25, 0.3) is 0 Å². The standard InChI is InChI=1S/C18H15ClFN3/c1-11-15(19)3-2-4-16(11)23-18-14(9-10-21-18)17(22-23)12-5-7-13(20)8-6-12/h2-8,21H,9-10H2,1H3. The molecule has 0 aliphatic carbocycles. The second-order valence-electron chi connectivity index (χ2n) is 5.66. The first-order valence-corrected chi connectivity index (χ1v) is 7.90. The molecule has 3 aromatic rings. The molecule has 0 bridgehead atoms. The quantitative estimate of drug-likeness (QED) is 0.745. The molecule has 0 saturated carbocycles. The summed E-state index contributed by atoms with van der Waals surface area (Å²) in [7, 11) is 0. The van der Waals surface area contributed by atoms with Crippen LogP contribution in [-0.2, 0) is 6.42 Å². The lowest BCUT2D eigenvalue weighted by atomic mass is 10.1. The van der Waals surface area contributed by atoms with E-state index in [1.165, 1.54) is 12.1 Å². The van der Waals surface area contributed by atoms with Crippen LogP contribution in [0.3, 0.4) is 0 Å². The van der Waals surface area contributed by atoms with Crippen molar-refractivity contribution in [2.75, 3.05) is 11.9 Å². The van der Waals surface area contributed by atoms with Crippen molar-refractivity contribution < 1.29 is 4.39 Å². The van der Waals surface area contributed by atoms with Gasteiger partial charge in [-0.1, -0.05) is 17.7 Å². The Labute approximate surface area is 138 Å². The van der Waals surface area contributed by atoms with Crippen molar-refractivity contribution in [3.8, 4) is 16.9 Å². The lowest BCUT2D eigenvalue weighted by Gasteiger charge is -2.10. The minimum atomic E-state index is -0.242. The van der Waals surface area contributed by atoms with Gasteiger partial charge in [-0.3, -0.25) is 0 Å². The molecule has 1 aliphatic rings. The highest BCUT2D eigenvalue weighted by molar-refractivity contribution is 6.31. The number of halogens is 2. The average molecular weight is 328 g/mol.